The van der Waals surface area contributed by atoms with Crippen LogP contribution in [-0.4, -0.2) is 17.6 Å². The Morgan fingerprint density at radius 2 is 2.29 bits per heavy atom. The Kier molecular flexibility index (Phi) is 2.48. The van der Waals surface area contributed by atoms with E-state index in [1.165, 1.54) is 11.3 Å². The first-order valence-electron chi connectivity index (χ1n) is 4.01. The van der Waals surface area contributed by atoms with Crippen LogP contribution in [0.2, 0.25) is 0 Å². The summed E-state index contributed by atoms with van der Waals surface area (Å²) < 4.78 is 0.955. The van der Waals surface area contributed by atoms with Gasteiger partial charge in [-0.1, -0.05) is 0 Å². The molecule has 4 heteroatoms. The number of thioether (sulfide) groups is 1. The van der Waals surface area contributed by atoms with Gasteiger partial charge in [-0.05, 0) is 24.5 Å². The first-order valence-corrected chi connectivity index (χ1v) is 6.05. The fourth-order valence-corrected chi connectivity index (χ4v) is 2.76. The maximum atomic E-state index is 10.6. The Hall–Kier alpha value is -1.00. The van der Waals surface area contributed by atoms with Crippen LogP contribution < -0.4 is 0 Å². The van der Waals surface area contributed by atoms with E-state index >= 15 is 0 Å². The van der Waals surface area contributed by atoms with E-state index in [0.29, 0.717) is 11.2 Å². The maximum absolute atomic E-state index is 10.6. The summed E-state index contributed by atoms with van der Waals surface area (Å²) in [5, 5.41) is 10.4. The fourth-order valence-electron chi connectivity index (χ4n) is 1.29. The SMILES string of the molecule is CSc1ccc2c(O)c(C=O)sc2c1. The van der Waals surface area contributed by atoms with Crippen LogP contribution in [0.1, 0.15) is 9.67 Å². The van der Waals surface area contributed by atoms with Gasteiger partial charge in [-0.25, -0.2) is 0 Å². The molecular weight excluding hydrogens is 216 g/mol. The lowest BCUT2D eigenvalue weighted by Gasteiger charge is -1.95. The van der Waals surface area contributed by atoms with E-state index in [-0.39, 0.29) is 5.75 Å². The zero-order chi connectivity index (χ0) is 10.1. The number of fused-ring (bicyclic) bond motifs is 1. The van der Waals surface area contributed by atoms with Gasteiger partial charge in [0.15, 0.2) is 6.29 Å². The highest BCUT2D eigenvalue weighted by Crippen LogP contribution is 2.37. The molecule has 0 saturated carbocycles. The van der Waals surface area contributed by atoms with Crippen molar-refractivity contribution in [1.82, 2.24) is 0 Å². The Labute approximate surface area is 89.6 Å². The van der Waals surface area contributed by atoms with Crippen molar-refractivity contribution in [1.29, 1.82) is 0 Å². The molecule has 1 heterocycles. The number of aromatic hydroxyl groups is 1. The van der Waals surface area contributed by atoms with Gasteiger partial charge in [0.05, 0.1) is 0 Å². The van der Waals surface area contributed by atoms with E-state index in [2.05, 4.69) is 0 Å². The van der Waals surface area contributed by atoms with Crippen molar-refractivity contribution in [3.05, 3.63) is 23.1 Å². The fraction of sp³-hybridized carbons (Fsp3) is 0.100. The average molecular weight is 224 g/mol. The molecule has 1 N–H and O–H groups in total. The van der Waals surface area contributed by atoms with E-state index in [9.17, 15) is 9.90 Å². The van der Waals surface area contributed by atoms with Crippen molar-refractivity contribution < 1.29 is 9.90 Å². The van der Waals surface area contributed by atoms with Crippen LogP contribution in [0.5, 0.6) is 5.75 Å². The summed E-state index contributed by atoms with van der Waals surface area (Å²) in [5.74, 6) is 0.104. The monoisotopic (exact) mass is 224 g/mol. The van der Waals surface area contributed by atoms with Crippen molar-refractivity contribution in [3.8, 4) is 5.75 Å². The van der Waals surface area contributed by atoms with Crippen molar-refractivity contribution in [2.75, 3.05) is 6.26 Å². The number of aldehydes is 1. The molecule has 2 aromatic rings. The Bertz CT molecular complexity index is 488. The molecule has 14 heavy (non-hydrogen) atoms. The molecule has 1 aromatic carbocycles. The molecule has 0 fully saturated rings. The predicted molar refractivity (Wildman–Crippen MR) is 60.7 cm³/mol. The van der Waals surface area contributed by atoms with Gasteiger partial charge in [0.2, 0.25) is 0 Å². The van der Waals surface area contributed by atoms with Crippen LogP contribution in [0.4, 0.5) is 0 Å². The minimum atomic E-state index is 0.104. The molecule has 0 aliphatic rings. The number of hydrogen-bond acceptors (Lipinski definition) is 4. The summed E-state index contributed by atoms with van der Waals surface area (Å²) >= 11 is 2.97. The van der Waals surface area contributed by atoms with Gasteiger partial charge in [-0.15, -0.1) is 23.1 Å². The summed E-state index contributed by atoms with van der Waals surface area (Å²) in [5.41, 5.74) is 0. The minimum absolute atomic E-state index is 0.104. The van der Waals surface area contributed by atoms with E-state index in [1.54, 1.807) is 11.8 Å². The summed E-state index contributed by atoms with van der Waals surface area (Å²) in [6, 6.07) is 5.77. The van der Waals surface area contributed by atoms with Crippen LogP contribution in [0, 0.1) is 0 Å². The van der Waals surface area contributed by atoms with Gasteiger partial charge in [0.25, 0.3) is 0 Å². The molecule has 1 aromatic heterocycles. The van der Waals surface area contributed by atoms with Gasteiger partial charge in [-0.2, -0.15) is 0 Å². The maximum Gasteiger partial charge on any atom is 0.163 e. The number of carbonyl (C=O) groups excluding carboxylic acids is 1. The van der Waals surface area contributed by atoms with Gasteiger partial charge in [0, 0.05) is 15.0 Å². The van der Waals surface area contributed by atoms with Crippen LogP contribution in [0.15, 0.2) is 23.1 Å². The molecule has 0 bridgehead atoms. The van der Waals surface area contributed by atoms with Crippen molar-refractivity contribution in [2.45, 2.75) is 4.90 Å². The molecule has 2 nitrogen and oxygen atoms in total. The zero-order valence-electron chi connectivity index (χ0n) is 7.48. The third kappa shape index (κ3) is 1.40. The lowest BCUT2D eigenvalue weighted by Crippen LogP contribution is -1.70. The highest BCUT2D eigenvalue weighted by Gasteiger charge is 2.10. The first kappa shape index (κ1) is 9.55. The Morgan fingerprint density at radius 3 is 2.93 bits per heavy atom. The van der Waals surface area contributed by atoms with E-state index in [0.717, 1.165) is 15.0 Å². The topological polar surface area (TPSA) is 37.3 Å². The standard InChI is InChI=1S/C10H8O2S2/c1-13-6-2-3-7-8(4-6)14-9(5-11)10(7)12/h2-5,12H,1H3. The summed E-state index contributed by atoms with van der Waals surface area (Å²) in [4.78, 5) is 12.1. The molecule has 72 valence electrons. The first-order chi connectivity index (χ1) is 6.76. The highest BCUT2D eigenvalue weighted by atomic mass is 32.2. The molecule has 0 saturated heterocycles. The summed E-state index contributed by atoms with van der Waals surface area (Å²) in [6.07, 6.45) is 2.69. The number of benzene rings is 1. The van der Waals surface area contributed by atoms with Gasteiger partial charge in [0.1, 0.15) is 10.6 Å². The average Bonchev–Trinajstić information content (AvgIpc) is 2.55. The molecule has 0 unspecified atom stereocenters. The second-order valence-electron chi connectivity index (χ2n) is 2.79. The number of carbonyl (C=O) groups is 1. The van der Waals surface area contributed by atoms with E-state index in [4.69, 9.17) is 0 Å². The molecule has 0 aliphatic carbocycles. The van der Waals surface area contributed by atoms with Crippen LogP contribution in [-0.2, 0) is 0 Å². The lowest BCUT2D eigenvalue weighted by atomic mass is 10.2. The quantitative estimate of drug-likeness (QED) is 0.629. The van der Waals surface area contributed by atoms with Crippen molar-refractivity contribution >= 4 is 39.5 Å². The van der Waals surface area contributed by atoms with Crippen LogP contribution in [0.25, 0.3) is 10.1 Å². The lowest BCUT2D eigenvalue weighted by molar-refractivity contribution is 0.112. The van der Waals surface area contributed by atoms with E-state index < -0.39 is 0 Å². The summed E-state index contributed by atoms with van der Waals surface area (Å²) in [7, 11) is 0. The summed E-state index contributed by atoms with van der Waals surface area (Å²) in [6.45, 7) is 0. The smallest absolute Gasteiger partial charge is 0.163 e. The van der Waals surface area contributed by atoms with Gasteiger partial charge >= 0.3 is 0 Å². The number of rotatable bonds is 2. The molecule has 2 rings (SSSR count). The predicted octanol–water partition coefficient (Wildman–Crippen LogP) is 3.14. The third-order valence-corrected chi connectivity index (χ3v) is 3.80. The van der Waals surface area contributed by atoms with Crippen LogP contribution >= 0.6 is 23.1 Å². The molecular formula is C10H8O2S2. The second kappa shape index (κ2) is 3.63. The molecule has 0 spiro atoms. The zero-order valence-corrected chi connectivity index (χ0v) is 9.11. The van der Waals surface area contributed by atoms with Gasteiger partial charge < -0.3 is 5.11 Å². The van der Waals surface area contributed by atoms with Crippen molar-refractivity contribution in [3.63, 3.8) is 0 Å². The van der Waals surface area contributed by atoms with Crippen LogP contribution in [0.3, 0.4) is 0 Å². The van der Waals surface area contributed by atoms with Gasteiger partial charge in [-0.3, -0.25) is 4.79 Å². The normalized spacial score (nSPS) is 10.6. The molecule has 0 aliphatic heterocycles. The Balaban J connectivity index is 2.72. The largest absolute Gasteiger partial charge is 0.506 e. The second-order valence-corrected chi connectivity index (χ2v) is 4.76. The van der Waals surface area contributed by atoms with E-state index in [1.807, 2.05) is 24.5 Å². The van der Waals surface area contributed by atoms with Crippen molar-refractivity contribution in [2.24, 2.45) is 0 Å². The number of thiophene rings is 1. The highest BCUT2D eigenvalue weighted by molar-refractivity contribution is 7.98. The third-order valence-electron chi connectivity index (χ3n) is 2.00. The molecule has 0 amide bonds. The molecule has 0 atom stereocenters. The number of hydrogen-bond donors (Lipinski definition) is 1. The molecule has 0 radical (unpaired) electrons. The minimum Gasteiger partial charge on any atom is -0.506 e. The Morgan fingerprint density at radius 1 is 1.50 bits per heavy atom.